The molecule has 1 heterocycles. The van der Waals surface area contributed by atoms with Crippen LogP contribution in [-0.4, -0.2) is 42.5 Å². The first-order chi connectivity index (χ1) is 7.40. The highest BCUT2D eigenvalue weighted by molar-refractivity contribution is 5.78. The van der Waals surface area contributed by atoms with Crippen LogP contribution in [0.25, 0.3) is 0 Å². The number of amides is 1. The van der Waals surface area contributed by atoms with Gasteiger partial charge in [-0.05, 0) is 59.2 Å². The second-order valence-corrected chi connectivity index (χ2v) is 5.75. The van der Waals surface area contributed by atoms with E-state index >= 15 is 0 Å². The highest BCUT2D eigenvalue weighted by atomic mass is 16.2. The van der Waals surface area contributed by atoms with Crippen molar-refractivity contribution in [2.24, 2.45) is 11.7 Å². The van der Waals surface area contributed by atoms with Crippen LogP contribution in [0, 0.1) is 5.92 Å². The standard InChI is InChI=1S/C12H25N3O/c1-12(2,3)14-11(16)9-15-6-4-10(8-13)5-7-15/h10H,4-9,13H2,1-3H3,(H,14,16). The molecular formula is C12H25N3O. The van der Waals surface area contributed by atoms with Gasteiger partial charge in [0.25, 0.3) is 0 Å². The summed E-state index contributed by atoms with van der Waals surface area (Å²) in [4.78, 5) is 13.9. The summed E-state index contributed by atoms with van der Waals surface area (Å²) >= 11 is 0. The fourth-order valence-corrected chi connectivity index (χ4v) is 2.04. The molecule has 94 valence electrons. The summed E-state index contributed by atoms with van der Waals surface area (Å²) in [6.45, 7) is 9.32. The lowest BCUT2D eigenvalue weighted by Gasteiger charge is -2.31. The molecule has 4 nitrogen and oxygen atoms in total. The lowest BCUT2D eigenvalue weighted by atomic mass is 9.97. The predicted molar refractivity (Wildman–Crippen MR) is 66.1 cm³/mol. The van der Waals surface area contributed by atoms with Crippen molar-refractivity contribution < 1.29 is 4.79 Å². The number of carbonyl (C=O) groups excluding carboxylic acids is 1. The molecule has 16 heavy (non-hydrogen) atoms. The third-order valence-electron chi connectivity index (χ3n) is 2.92. The number of hydrogen-bond donors (Lipinski definition) is 2. The van der Waals surface area contributed by atoms with E-state index in [1.165, 1.54) is 0 Å². The second-order valence-electron chi connectivity index (χ2n) is 5.75. The summed E-state index contributed by atoms with van der Waals surface area (Å²) < 4.78 is 0. The van der Waals surface area contributed by atoms with Gasteiger partial charge in [0.1, 0.15) is 0 Å². The highest BCUT2D eigenvalue weighted by Gasteiger charge is 2.21. The molecular weight excluding hydrogens is 202 g/mol. The van der Waals surface area contributed by atoms with Gasteiger partial charge in [-0.1, -0.05) is 0 Å². The molecule has 0 aromatic carbocycles. The lowest BCUT2D eigenvalue weighted by Crippen LogP contribution is -2.47. The maximum atomic E-state index is 11.7. The van der Waals surface area contributed by atoms with Crippen LogP contribution in [0.15, 0.2) is 0 Å². The fraction of sp³-hybridized carbons (Fsp3) is 0.917. The summed E-state index contributed by atoms with van der Waals surface area (Å²) in [6, 6.07) is 0. The minimum absolute atomic E-state index is 0.124. The van der Waals surface area contributed by atoms with Crippen LogP contribution in [0.3, 0.4) is 0 Å². The molecule has 3 N–H and O–H groups in total. The van der Waals surface area contributed by atoms with E-state index in [4.69, 9.17) is 5.73 Å². The third-order valence-corrected chi connectivity index (χ3v) is 2.92. The number of nitrogens with zero attached hydrogens (tertiary/aromatic N) is 1. The van der Waals surface area contributed by atoms with Gasteiger partial charge in [-0.25, -0.2) is 0 Å². The van der Waals surface area contributed by atoms with Gasteiger partial charge in [0, 0.05) is 5.54 Å². The maximum absolute atomic E-state index is 11.7. The molecule has 4 heteroatoms. The van der Waals surface area contributed by atoms with Gasteiger partial charge in [0.15, 0.2) is 0 Å². The monoisotopic (exact) mass is 227 g/mol. The Morgan fingerprint density at radius 3 is 2.38 bits per heavy atom. The van der Waals surface area contributed by atoms with Crippen molar-refractivity contribution >= 4 is 5.91 Å². The number of hydrogen-bond acceptors (Lipinski definition) is 3. The first-order valence-corrected chi connectivity index (χ1v) is 6.14. The Balaban J connectivity index is 2.26. The van der Waals surface area contributed by atoms with Crippen LogP contribution in [0.4, 0.5) is 0 Å². The third kappa shape index (κ3) is 4.94. The number of likely N-dealkylation sites (tertiary alicyclic amines) is 1. The Morgan fingerprint density at radius 1 is 1.38 bits per heavy atom. The van der Waals surface area contributed by atoms with Crippen molar-refractivity contribution in [3.05, 3.63) is 0 Å². The van der Waals surface area contributed by atoms with Crippen LogP contribution in [0.2, 0.25) is 0 Å². The van der Waals surface area contributed by atoms with E-state index in [0.29, 0.717) is 12.5 Å². The molecule has 0 aliphatic carbocycles. The van der Waals surface area contributed by atoms with E-state index < -0.39 is 0 Å². The van der Waals surface area contributed by atoms with Crippen molar-refractivity contribution in [2.75, 3.05) is 26.2 Å². The molecule has 0 bridgehead atoms. The van der Waals surface area contributed by atoms with Crippen molar-refractivity contribution in [2.45, 2.75) is 39.2 Å². The fourth-order valence-electron chi connectivity index (χ4n) is 2.04. The molecule has 0 aromatic rings. The summed E-state index contributed by atoms with van der Waals surface area (Å²) in [5.74, 6) is 0.778. The van der Waals surface area contributed by atoms with Crippen molar-refractivity contribution in [3.8, 4) is 0 Å². The van der Waals surface area contributed by atoms with Crippen molar-refractivity contribution in [1.29, 1.82) is 0 Å². The minimum Gasteiger partial charge on any atom is -0.350 e. The molecule has 0 aromatic heterocycles. The van der Waals surface area contributed by atoms with Crippen LogP contribution in [-0.2, 0) is 4.79 Å². The molecule has 0 saturated carbocycles. The van der Waals surface area contributed by atoms with E-state index in [1.807, 2.05) is 20.8 Å². The molecule has 1 aliphatic heterocycles. The largest absolute Gasteiger partial charge is 0.350 e. The first kappa shape index (κ1) is 13.5. The van der Waals surface area contributed by atoms with Crippen LogP contribution in [0.5, 0.6) is 0 Å². The first-order valence-electron chi connectivity index (χ1n) is 6.14. The molecule has 1 fully saturated rings. The summed E-state index contributed by atoms with van der Waals surface area (Å²) in [5, 5.41) is 2.99. The number of carbonyl (C=O) groups is 1. The van der Waals surface area contributed by atoms with E-state index in [-0.39, 0.29) is 11.4 Å². The SMILES string of the molecule is CC(C)(C)NC(=O)CN1CCC(CN)CC1. The zero-order valence-corrected chi connectivity index (χ0v) is 10.8. The smallest absolute Gasteiger partial charge is 0.234 e. The molecule has 1 rings (SSSR count). The Kier molecular flexibility index (Phi) is 4.74. The predicted octanol–water partition coefficient (Wildman–Crippen LogP) is 0.572. The number of nitrogens with one attached hydrogen (secondary N) is 1. The Bertz CT molecular complexity index is 227. The van der Waals surface area contributed by atoms with Crippen LogP contribution >= 0.6 is 0 Å². The number of piperidine rings is 1. The van der Waals surface area contributed by atoms with Crippen LogP contribution < -0.4 is 11.1 Å². The highest BCUT2D eigenvalue weighted by Crippen LogP contribution is 2.15. The molecule has 0 spiro atoms. The average molecular weight is 227 g/mol. The molecule has 1 saturated heterocycles. The Labute approximate surface area is 98.6 Å². The molecule has 1 amide bonds. The molecule has 0 radical (unpaired) electrons. The zero-order valence-electron chi connectivity index (χ0n) is 10.8. The van der Waals surface area contributed by atoms with Crippen molar-refractivity contribution in [1.82, 2.24) is 10.2 Å². The van der Waals surface area contributed by atoms with E-state index in [2.05, 4.69) is 10.2 Å². The molecule has 0 atom stereocenters. The molecule has 0 unspecified atom stereocenters. The van der Waals surface area contributed by atoms with Gasteiger partial charge in [0.2, 0.25) is 5.91 Å². The summed E-state index contributed by atoms with van der Waals surface area (Å²) in [6.07, 6.45) is 2.25. The topological polar surface area (TPSA) is 58.4 Å². The summed E-state index contributed by atoms with van der Waals surface area (Å²) in [5.41, 5.74) is 5.50. The summed E-state index contributed by atoms with van der Waals surface area (Å²) in [7, 11) is 0. The quantitative estimate of drug-likeness (QED) is 0.741. The van der Waals surface area contributed by atoms with Gasteiger partial charge < -0.3 is 11.1 Å². The van der Waals surface area contributed by atoms with E-state index in [1.54, 1.807) is 0 Å². The average Bonchev–Trinajstić information content (AvgIpc) is 2.16. The van der Waals surface area contributed by atoms with Crippen LogP contribution in [0.1, 0.15) is 33.6 Å². The normalized spacial score (nSPS) is 19.8. The maximum Gasteiger partial charge on any atom is 0.234 e. The minimum atomic E-state index is -0.132. The van der Waals surface area contributed by atoms with Gasteiger partial charge in [-0.3, -0.25) is 9.69 Å². The van der Waals surface area contributed by atoms with Crippen molar-refractivity contribution in [3.63, 3.8) is 0 Å². The molecule has 1 aliphatic rings. The van der Waals surface area contributed by atoms with Gasteiger partial charge in [-0.2, -0.15) is 0 Å². The number of nitrogens with two attached hydrogens (primary N) is 1. The lowest BCUT2D eigenvalue weighted by molar-refractivity contribution is -0.124. The zero-order chi connectivity index (χ0) is 12.2. The Morgan fingerprint density at radius 2 is 1.94 bits per heavy atom. The Hall–Kier alpha value is -0.610. The van der Waals surface area contributed by atoms with Gasteiger partial charge in [0.05, 0.1) is 6.54 Å². The van der Waals surface area contributed by atoms with E-state index in [9.17, 15) is 4.79 Å². The van der Waals surface area contributed by atoms with Gasteiger partial charge in [-0.15, -0.1) is 0 Å². The van der Waals surface area contributed by atoms with Gasteiger partial charge >= 0.3 is 0 Å². The number of rotatable bonds is 3. The van der Waals surface area contributed by atoms with E-state index in [0.717, 1.165) is 32.5 Å². The second kappa shape index (κ2) is 5.64.